The Morgan fingerprint density at radius 3 is 3.06 bits per heavy atom. The Balaban J connectivity index is 1.87. The van der Waals surface area contributed by atoms with Gasteiger partial charge in [0.05, 0.1) is 0 Å². The van der Waals surface area contributed by atoms with Crippen molar-refractivity contribution >= 4 is 11.8 Å². The van der Waals surface area contributed by atoms with E-state index in [0.717, 1.165) is 18.9 Å². The van der Waals surface area contributed by atoms with Gasteiger partial charge in [-0.15, -0.1) is 0 Å². The van der Waals surface area contributed by atoms with Crippen LogP contribution in [0.25, 0.3) is 0 Å². The smallest absolute Gasteiger partial charge is 0.224 e. The second kappa shape index (κ2) is 5.82. The van der Waals surface area contributed by atoms with Crippen molar-refractivity contribution in [2.24, 2.45) is 0 Å². The molecule has 5 heteroatoms. The molecule has 0 radical (unpaired) electrons. The van der Waals surface area contributed by atoms with Crippen LogP contribution in [0.2, 0.25) is 0 Å². The van der Waals surface area contributed by atoms with Crippen molar-refractivity contribution in [2.75, 3.05) is 37.3 Å². The van der Waals surface area contributed by atoms with Crippen LogP contribution in [-0.4, -0.2) is 47.6 Å². The molecule has 1 aromatic rings. The second-order valence-electron chi connectivity index (χ2n) is 4.45. The number of hydrogen-bond donors (Lipinski definition) is 2. The number of aromatic nitrogens is 2. The van der Waals surface area contributed by atoms with Gasteiger partial charge in [0.2, 0.25) is 5.95 Å². The van der Waals surface area contributed by atoms with Crippen molar-refractivity contribution in [3.05, 3.63) is 12.3 Å². The molecule has 2 N–H and O–H groups in total. The Hall–Kier alpha value is -1.36. The maximum Gasteiger partial charge on any atom is 0.224 e. The Kier molecular flexibility index (Phi) is 4.14. The predicted octanol–water partition coefficient (Wildman–Crippen LogP) is 1.41. The topological polar surface area (TPSA) is 53.1 Å². The largest absolute Gasteiger partial charge is 0.368 e. The fourth-order valence-corrected chi connectivity index (χ4v) is 2.16. The zero-order valence-corrected chi connectivity index (χ0v) is 10.6. The van der Waals surface area contributed by atoms with E-state index in [9.17, 15) is 0 Å². The third-order valence-electron chi connectivity index (χ3n) is 3.18. The fourth-order valence-electron chi connectivity index (χ4n) is 2.16. The van der Waals surface area contributed by atoms with Crippen LogP contribution in [-0.2, 0) is 0 Å². The van der Waals surface area contributed by atoms with E-state index in [4.69, 9.17) is 0 Å². The molecular weight excluding hydrogens is 214 g/mol. The summed E-state index contributed by atoms with van der Waals surface area (Å²) >= 11 is 0. The van der Waals surface area contributed by atoms with Crippen LogP contribution in [0.3, 0.4) is 0 Å². The lowest BCUT2D eigenvalue weighted by Crippen LogP contribution is -2.31. The highest BCUT2D eigenvalue weighted by molar-refractivity contribution is 5.39. The summed E-state index contributed by atoms with van der Waals surface area (Å²) in [6.07, 6.45) is 4.36. The first-order valence-corrected chi connectivity index (χ1v) is 6.30. The third-order valence-corrected chi connectivity index (χ3v) is 3.18. The average Bonchev–Trinajstić information content (AvgIpc) is 2.73. The maximum absolute atomic E-state index is 4.40. The normalized spacial score (nSPS) is 20.5. The zero-order valence-electron chi connectivity index (χ0n) is 10.6. The van der Waals surface area contributed by atoms with Gasteiger partial charge in [-0.05, 0) is 39.4 Å². The minimum absolute atomic E-state index is 0.632. The molecule has 0 aromatic carbocycles. The summed E-state index contributed by atoms with van der Waals surface area (Å²) in [7, 11) is 2.18. The number of anilines is 2. The molecule has 1 aliphatic rings. The number of likely N-dealkylation sites (N-methyl/N-ethyl adjacent to an activating group) is 1. The molecule has 0 spiro atoms. The van der Waals surface area contributed by atoms with Gasteiger partial charge in [0.15, 0.2) is 0 Å². The van der Waals surface area contributed by atoms with Gasteiger partial charge < -0.3 is 15.5 Å². The highest BCUT2D eigenvalue weighted by atomic mass is 15.2. The van der Waals surface area contributed by atoms with Crippen molar-refractivity contribution in [2.45, 2.75) is 25.8 Å². The molecule has 1 unspecified atom stereocenters. The summed E-state index contributed by atoms with van der Waals surface area (Å²) in [5, 5.41) is 6.50. The quantitative estimate of drug-likeness (QED) is 0.808. The van der Waals surface area contributed by atoms with Gasteiger partial charge in [-0.1, -0.05) is 0 Å². The van der Waals surface area contributed by atoms with Crippen molar-refractivity contribution in [1.29, 1.82) is 0 Å². The SMILES string of the molecule is CCNc1nccc(NCC2CCCN2C)n1. The van der Waals surface area contributed by atoms with Crippen LogP contribution in [0.4, 0.5) is 11.8 Å². The zero-order chi connectivity index (χ0) is 12.1. The number of nitrogens with one attached hydrogen (secondary N) is 2. The Bertz CT molecular complexity index is 355. The van der Waals surface area contributed by atoms with E-state index in [1.807, 2.05) is 13.0 Å². The summed E-state index contributed by atoms with van der Waals surface area (Å²) in [6, 6.07) is 2.54. The molecule has 17 heavy (non-hydrogen) atoms. The molecule has 0 aliphatic carbocycles. The highest BCUT2D eigenvalue weighted by Gasteiger charge is 2.20. The summed E-state index contributed by atoms with van der Waals surface area (Å²) < 4.78 is 0. The molecular formula is C12H21N5. The lowest BCUT2D eigenvalue weighted by molar-refractivity contribution is 0.322. The molecule has 94 valence electrons. The molecule has 0 amide bonds. The van der Waals surface area contributed by atoms with Gasteiger partial charge in [-0.25, -0.2) is 4.98 Å². The lowest BCUT2D eigenvalue weighted by Gasteiger charge is -2.19. The first-order valence-electron chi connectivity index (χ1n) is 6.30. The van der Waals surface area contributed by atoms with Crippen LogP contribution in [0.5, 0.6) is 0 Å². The summed E-state index contributed by atoms with van der Waals surface area (Å²) in [5.41, 5.74) is 0. The molecule has 0 bridgehead atoms. The molecule has 1 saturated heterocycles. The van der Waals surface area contributed by atoms with Gasteiger partial charge in [0, 0.05) is 25.3 Å². The molecule has 2 heterocycles. The van der Waals surface area contributed by atoms with Crippen molar-refractivity contribution in [3.8, 4) is 0 Å². The first-order chi connectivity index (χ1) is 8.29. The van der Waals surface area contributed by atoms with Crippen molar-refractivity contribution < 1.29 is 0 Å². The average molecular weight is 235 g/mol. The first kappa shape index (κ1) is 12.1. The third kappa shape index (κ3) is 3.30. The lowest BCUT2D eigenvalue weighted by atomic mass is 10.2. The van der Waals surface area contributed by atoms with Crippen LogP contribution in [0, 0.1) is 0 Å². The molecule has 0 saturated carbocycles. The van der Waals surface area contributed by atoms with Crippen LogP contribution < -0.4 is 10.6 Å². The molecule has 5 nitrogen and oxygen atoms in total. The number of rotatable bonds is 5. The standard InChI is InChI=1S/C12H21N5/c1-3-13-12-14-7-6-11(16-12)15-9-10-5-4-8-17(10)2/h6-7,10H,3-5,8-9H2,1-2H3,(H2,13,14,15,16). The van der Waals surface area contributed by atoms with E-state index in [2.05, 4.69) is 32.5 Å². The van der Waals surface area contributed by atoms with Gasteiger partial charge in [-0.2, -0.15) is 4.98 Å². The molecule has 1 atom stereocenters. The molecule has 1 fully saturated rings. The molecule has 1 aromatic heterocycles. The van der Waals surface area contributed by atoms with E-state index in [1.165, 1.54) is 19.4 Å². The van der Waals surface area contributed by atoms with E-state index in [-0.39, 0.29) is 0 Å². The van der Waals surface area contributed by atoms with Crippen LogP contribution >= 0.6 is 0 Å². The minimum Gasteiger partial charge on any atom is -0.368 e. The summed E-state index contributed by atoms with van der Waals surface area (Å²) in [6.45, 7) is 5.05. The van der Waals surface area contributed by atoms with Crippen molar-refractivity contribution in [1.82, 2.24) is 14.9 Å². The van der Waals surface area contributed by atoms with E-state index < -0.39 is 0 Å². The summed E-state index contributed by atoms with van der Waals surface area (Å²) in [5.74, 6) is 1.59. The second-order valence-corrected chi connectivity index (χ2v) is 4.45. The maximum atomic E-state index is 4.40. The van der Waals surface area contributed by atoms with Crippen molar-refractivity contribution in [3.63, 3.8) is 0 Å². The van der Waals surface area contributed by atoms with Gasteiger partial charge in [-0.3, -0.25) is 0 Å². The minimum atomic E-state index is 0.632. The fraction of sp³-hybridized carbons (Fsp3) is 0.667. The number of likely N-dealkylation sites (tertiary alicyclic amines) is 1. The van der Waals surface area contributed by atoms with Gasteiger partial charge >= 0.3 is 0 Å². The Labute approximate surface area is 103 Å². The number of nitrogens with zero attached hydrogens (tertiary/aromatic N) is 3. The van der Waals surface area contributed by atoms with Gasteiger partial charge in [0.25, 0.3) is 0 Å². The van der Waals surface area contributed by atoms with E-state index >= 15 is 0 Å². The monoisotopic (exact) mass is 235 g/mol. The summed E-state index contributed by atoms with van der Waals surface area (Å²) in [4.78, 5) is 11.0. The molecule has 1 aliphatic heterocycles. The Morgan fingerprint density at radius 1 is 1.47 bits per heavy atom. The predicted molar refractivity (Wildman–Crippen MR) is 70.3 cm³/mol. The van der Waals surface area contributed by atoms with Gasteiger partial charge in [0.1, 0.15) is 5.82 Å². The number of hydrogen-bond acceptors (Lipinski definition) is 5. The molecule has 2 rings (SSSR count). The van der Waals surface area contributed by atoms with E-state index in [0.29, 0.717) is 12.0 Å². The Morgan fingerprint density at radius 2 is 2.35 bits per heavy atom. The van der Waals surface area contributed by atoms with Crippen LogP contribution in [0.1, 0.15) is 19.8 Å². The highest BCUT2D eigenvalue weighted by Crippen LogP contribution is 2.15. The van der Waals surface area contributed by atoms with Crippen LogP contribution in [0.15, 0.2) is 12.3 Å². The van der Waals surface area contributed by atoms with E-state index in [1.54, 1.807) is 6.20 Å².